The Morgan fingerprint density at radius 2 is 2.22 bits per heavy atom. The Labute approximate surface area is 109 Å². The van der Waals surface area contributed by atoms with E-state index in [1.165, 1.54) is 0 Å². The lowest BCUT2D eigenvalue weighted by Gasteiger charge is -2.20. The molecule has 1 atom stereocenters. The van der Waals surface area contributed by atoms with Crippen molar-refractivity contribution in [3.05, 3.63) is 12.1 Å². The molecule has 0 aromatic carbocycles. The molecule has 0 aliphatic rings. The zero-order valence-corrected chi connectivity index (χ0v) is 11.4. The number of aliphatic hydroxyl groups excluding tert-OH is 1. The standard InChI is InChI=1S/C13H23N3O2/c1-4-9-18-13-11(14)5-6-12(15-13)16(3)8-7-10(2)17/h5-6,10,17H,4,7-9,14H2,1-3H3. The fourth-order valence-electron chi connectivity index (χ4n) is 1.46. The first-order valence-electron chi connectivity index (χ1n) is 6.33. The van der Waals surface area contributed by atoms with Gasteiger partial charge in [-0.1, -0.05) is 6.92 Å². The van der Waals surface area contributed by atoms with E-state index in [1.54, 1.807) is 13.0 Å². The molecule has 1 aromatic rings. The second-order valence-corrected chi connectivity index (χ2v) is 4.47. The molecule has 0 fully saturated rings. The van der Waals surface area contributed by atoms with Crippen LogP contribution in [0.5, 0.6) is 5.88 Å². The van der Waals surface area contributed by atoms with Crippen molar-refractivity contribution >= 4 is 11.5 Å². The van der Waals surface area contributed by atoms with Crippen LogP contribution in [-0.2, 0) is 0 Å². The first kappa shape index (κ1) is 14.6. The molecule has 1 unspecified atom stereocenters. The van der Waals surface area contributed by atoms with E-state index in [2.05, 4.69) is 4.98 Å². The average molecular weight is 253 g/mol. The zero-order valence-electron chi connectivity index (χ0n) is 11.4. The highest BCUT2D eigenvalue weighted by Crippen LogP contribution is 2.22. The van der Waals surface area contributed by atoms with Gasteiger partial charge in [0.15, 0.2) is 0 Å². The van der Waals surface area contributed by atoms with E-state index in [4.69, 9.17) is 10.5 Å². The summed E-state index contributed by atoms with van der Waals surface area (Å²) in [4.78, 5) is 6.36. The number of hydrogen-bond acceptors (Lipinski definition) is 5. The van der Waals surface area contributed by atoms with Crippen molar-refractivity contribution in [1.82, 2.24) is 4.98 Å². The van der Waals surface area contributed by atoms with E-state index in [-0.39, 0.29) is 6.10 Å². The van der Waals surface area contributed by atoms with E-state index >= 15 is 0 Å². The van der Waals surface area contributed by atoms with Crippen molar-refractivity contribution < 1.29 is 9.84 Å². The third-order valence-electron chi connectivity index (χ3n) is 2.59. The van der Waals surface area contributed by atoms with E-state index in [0.29, 0.717) is 24.6 Å². The van der Waals surface area contributed by atoms with E-state index in [0.717, 1.165) is 18.8 Å². The summed E-state index contributed by atoms with van der Waals surface area (Å²) >= 11 is 0. The quantitative estimate of drug-likeness (QED) is 0.773. The summed E-state index contributed by atoms with van der Waals surface area (Å²) in [6, 6.07) is 3.66. The van der Waals surface area contributed by atoms with Crippen molar-refractivity contribution in [1.29, 1.82) is 0 Å². The van der Waals surface area contributed by atoms with E-state index in [1.807, 2.05) is 24.9 Å². The number of ether oxygens (including phenoxy) is 1. The van der Waals surface area contributed by atoms with Crippen LogP contribution in [0.1, 0.15) is 26.7 Å². The number of nitrogens with two attached hydrogens (primary N) is 1. The molecule has 5 heteroatoms. The largest absolute Gasteiger partial charge is 0.476 e. The molecule has 1 heterocycles. The minimum absolute atomic E-state index is 0.308. The van der Waals surface area contributed by atoms with Gasteiger partial charge in [-0.3, -0.25) is 0 Å². The highest BCUT2D eigenvalue weighted by atomic mass is 16.5. The van der Waals surface area contributed by atoms with Gasteiger partial charge >= 0.3 is 0 Å². The van der Waals surface area contributed by atoms with Crippen LogP contribution in [0.15, 0.2) is 12.1 Å². The number of pyridine rings is 1. The number of rotatable bonds is 7. The lowest BCUT2D eigenvalue weighted by atomic mass is 10.2. The summed E-state index contributed by atoms with van der Waals surface area (Å²) in [5.41, 5.74) is 6.36. The summed E-state index contributed by atoms with van der Waals surface area (Å²) in [5.74, 6) is 1.29. The molecular weight excluding hydrogens is 230 g/mol. The molecular formula is C13H23N3O2. The number of nitrogens with zero attached hydrogens (tertiary/aromatic N) is 2. The molecule has 0 spiro atoms. The fraction of sp³-hybridized carbons (Fsp3) is 0.615. The highest BCUT2D eigenvalue weighted by molar-refractivity contribution is 5.54. The monoisotopic (exact) mass is 253 g/mol. The molecule has 0 aliphatic carbocycles. The van der Waals surface area contributed by atoms with Crippen molar-refractivity contribution in [3.8, 4) is 5.88 Å². The smallest absolute Gasteiger partial charge is 0.239 e. The third kappa shape index (κ3) is 4.41. The molecule has 0 radical (unpaired) electrons. The van der Waals surface area contributed by atoms with Gasteiger partial charge in [-0.15, -0.1) is 0 Å². The van der Waals surface area contributed by atoms with Crippen molar-refractivity contribution in [2.75, 3.05) is 30.8 Å². The molecule has 1 rings (SSSR count). The second kappa shape index (κ2) is 7.06. The Morgan fingerprint density at radius 3 is 2.83 bits per heavy atom. The van der Waals surface area contributed by atoms with Gasteiger partial charge in [-0.25, -0.2) is 0 Å². The van der Waals surface area contributed by atoms with Crippen LogP contribution in [0.25, 0.3) is 0 Å². The van der Waals surface area contributed by atoms with Crippen LogP contribution < -0.4 is 15.4 Å². The Hall–Kier alpha value is -1.49. The Morgan fingerprint density at radius 1 is 1.50 bits per heavy atom. The molecule has 0 saturated carbocycles. The maximum Gasteiger partial charge on any atom is 0.239 e. The normalized spacial score (nSPS) is 12.2. The summed E-state index contributed by atoms with van der Waals surface area (Å²) in [7, 11) is 1.94. The number of hydrogen-bond donors (Lipinski definition) is 2. The molecule has 1 aromatic heterocycles. The average Bonchev–Trinajstić information content (AvgIpc) is 2.35. The SMILES string of the molecule is CCCOc1nc(N(C)CCC(C)O)ccc1N. The van der Waals surface area contributed by atoms with Crippen LogP contribution in [-0.4, -0.2) is 36.4 Å². The van der Waals surface area contributed by atoms with E-state index in [9.17, 15) is 5.11 Å². The summed E-state index contributed by atoms with van der Waals surface area (Å²) in [6.45, 7) is 5.16. The van der Waals surface area contributed by atoms with Crippen LogP contribution in [0.2, 0.25) is 0 Å². The van der Waals surface area contributed by atoms with Crippen molar-refractivity contribution in [2.24, 2.45) is 0 Å². The molecule has 0 amide bonds. The number of anilines is 2. The maximum atomic E-state index is 9.27. The molecule has 18 heavy (non-hydrogen) atoms. The van der Waals surface area contributed by atoms with Crippen LogP contribution in [0.3, 0.4) is 0 Å². The van der Waals surface area contributed by atoms with Crippen LogP contribution >= 0.6 is 0 Å². The molecule has 0 saturated heterocycles. The van der Waals surface area contributed by atoms with Gasteiger partial charge in [0.25, 0.3) is 0 Å². The predicted molar refractivity (Wildman–Crippen MR) is 74.0 cm³/mol. The minimum Gasteiger partial charge on any atom is -0.476 e. The summed E-state index contributed by atoms with van der Waals surface area (Å²) in [5, 5.41) is 9.27. The molecule has 0 bridgehead atoms. The minimum atomic E-state index is -0.308. The zero-order chi connectivity index (χ0) is 13.5. The second-order valence-electron chi connectivity index (χ2n) is 4.47. The summed E-state index contributed by atoms with van der Waals surface area (Å²) in [6.07, 6.45) is 1.31. The molecule has 5 nitrogen and oxygen atoms in total. The lowest BCUT2D eigenvalue weighted by Crippen LogP contribution is -2.23. The van der Waals surface area contributed by atoms with Gasteiger partial charge in [-0.2, -0.15) is 4.98 Å². The first-order chi connectivity index (χ1) is 8.54. The topological polar surface area (TPSA) is 71.6 Å². The fourth-order valence-corrected chi connectivity index (χ4v) is 1.46. The Bertz CT molecular complexity index is 369. The third-order valence-corrected chi connectivity index (χ3v) is 2.59. The van der Waals surface area contributed by atoms with Crippen LogP contribution in [0, 0.1) is 0 Å². The molecule has 3 N–H and O–H groups in total. The van der Waals surface area contributed by atoms with Gasteiger partial charge in [0.05, 0.1) is 18.4 Å². The lowest BCUT2D eigenvalue weighted by molar-refractivity contribution is 0.187. The van der Waals surface area contributed by atoms with Gasteiger partial charge in [0.2, 0.25) is 5.88 Å². The van der Waals surface area contributed by atoms with Gasteiger partial charge in [0.1, 0.15) is 5.82 Å². The summed E-state index contributed by atoms with van der Waals surface area (Å²) < 4.78 is 5.49. The van der Waals surface area contributed by atoms with Crippen molar-refractivity contribution in [2.45, 2.75) is 32.8 Å². The van der Waals surface area contributed by atoms with Gasteiger partial charge in [0, 0.05) is 13.6 Å². The Kier molecular flexibility index (Phi) is 5.71. The first-order valence-corrected chi connectivity index (χ1v) is 6.33. The highest BCUT2D eigenvalue weighted by Gasteiger charge is 2.08. The van der Waals surface area contributed by atoms with Gasteiger partial charge in [-0.05, 0) is 31.9 Å². The van der Waals surface area contributed by atoms with Crippen molar-refractivity contribution in [3.63, 3.8) is 0 Å². The maximum absolute atomic E-state index is 9.27. The number of aliphatic hydroxyl groups is 1. The Balaban J connectivity index is 2.70. The predicted octanol–water partition coefficient (Wildman–Crippen LogP) is 1.66. The van der Waals surface area contributed by atoms with Crippen LogP contribution in [0.4, 0.5) is 11.5 Å². The van der Waals surface area contributed by atoms with E-state index < -0.39 is 0 Å². The molecule has 102 valence electrons. The van der Waals surface area contributed by atoms with Gasteiger partial charge < -0.3 is 20.5 Å². The number of aromatic nitrogens is 1. The number of nitrogen functional groups attached to an aromatic ring is 1. The molecule has 0 aliphatic heterocycles.